The number of anilines is 1. The molecule has 0 saturated heterocycles. The zero-order valence-electron chi connectivity index (χ0n) is 12.0. The zero-order chi connectivity index (χ0) is 16.1. The number of benzene rings is 2. The van der Waals surface area contributed by atoms with Crippen LogP contribution in [0.4, 0.5) is 10.5 Å². The Morgan fingerprint density at radius 3 is 2.55 bits per heavy atom. The van der Waals surface area contributed by atoms with Crippen molar-refractivity contribution in [3.8, 4) is 11.5 Å². The fraction of sp³-hybridized carbons (Fsp3) is 0.133. The summed E-state index contributed by atoms with van der Waals surface area (Å²) in [6.07, 6.45) is -1.43. The summed E-state index contributed by atoms with van der Waals surface area (Å²) in [6.45, 7) is 0. The molecule has 1 atom stereocenters. The molecule has 0 fully saturated rings. The van der Waals surface area contributed by atoms with Crippen LogP contribution in [0.25, 0.3) is 0 Å². The van der Waals surface area contributed by atoms with Gasteiger partial charge >= 0.3 is 0 Å². The molecule has 0 saturated carbocycles. The van der Waals surface area contributed by atoms with Crippen LogP contribution in [0.3, 0.4) is 0 Å². The van der Waals surface area contributed by atoms with Crippen LogP contribution in [0.1, 0.15) is 0 Å². The van der Waals surface area contributed by atoms with Crippen LogP contribution in [-0.2, 0) is 10.8 Å². The largest absolute Gasteiger partial charge is 0.530 e. The molecule has 0 spiro atoms. The Hall–Kier alpha value is -2.54. The van der Waals surface area contributed by atoms with Crippen LogP contribution in [0.15, 0.2) is 52.3 Å². The van der Waals surface area contributed by atoms with Crippen LogP contribution in [-0.4, -0.2) is 24.5 Å². The first kappa shape index (κ1) is 15.8. The number of amides is 1. The number of carboxylic acid groups (broad SMARTS) is 1. The SMILES string of the molecule is COc1cccc(S(=O)c2ccc(NC(=O)[O-])cc2OC)c1. The lowest BCUT2D eigenvalue weighted by Gasteiger charge is -2.12. The van der Waals surface area contributed by atoms with Gasteiger partial charge in [-0.3, -0.25) is 0 Å². The lowest BCUT2D eigenvalue weighted by molar-refractivity contribution is -0.242. The van der Waals surface area contributed by atoms with Crippen molar-refractivity contribution in [3.63, 3.8) is 0 Å². The highest BCUT2D eigenvalue weighted by Gasteiger charge is 2.14. The number of rotatable bonds is 5. The maximum Gasteiger partial charge on any atom is 0.138 e. The minimum Gasteiger partial charge on any atom is -0.530 e. The molecule has 2 aromatic rings. The molecule has 0 heterocycles. The number of ether oxygens (including phenoxy) is 2. The van der Waals surface area contributed by atoms with E-state index in [-0.39, 0.29) is 5.69 Å². The summed E-state index contributed by atoms with van der Waals surface area (Å²) in [5.74, 6) is 0.910. The van der Waals surface area contributed by atoms with Crippen molar-refractivity contribution in [3.05, 3.63) is 42.5 Å². The summed E-state index contributed by atoms with van der Waals surface area (Å²) in [5, 5.41) is 12.7. The van der Waals surface area contributed by atoms with E-state index in [2.05, 4.69) is 5.32 Å². The number of methoxy groups -OCH3 is 2. The van der Waals surface area contributed by atoms with Crippen LogP contribution in [0, 0.1) is 0 Å². The average molecular weight is 320 g/mol. The number of nitrogens with one attached hydrogen (secondary N) is 1. The summed E-state index contributed by atoms with van der Waals surface area (Å²) in [5.41, 5.74) is 0.281. The Balaban J connectivity index is 2.38. The number of hydrogen-bond donors (Lipinski definition) is 1. The molecule has 2 rings (SSSR count). The first-order valence-electron chi connectivity index (χ1n) is 6.27. The van der Waals surface area contributed by atoms with Crippen molar-refractivity contribution in [1.29, 1.82) is 0 Å². The molecule has 0 radical (unpaired) electrons. The molecule has 0 aliphatic carbocycles. The number of hydrogen-bond acceptors (Lipinski definition) is 5. The predicted octanol–water partition coefficient (Wildman–Crippen LogP) is 1.63. The molecule has 22 heavy (non-hydrogen) atoms. The third-order valence-electron chi connectivity index (χ3n) is 2.87. The first-order chi connectivity index (χ1) is 10.5. The Morgan fingerprint density at radius 1 is 1.14 bits per heavy atom. The summed E-state index contributed by atoms with van der Waals surface area (Å²) in [6, 6.07) is 11.4. The highest BCUT2D eigenvalue weighted by molar-refractivity contribution is 7.85. The quantitative estimate of drug-likeness (QED) is 0.904. The Morgan fingerprint density at radius 2 is 1.91 bits per heavy atom. The molecule has 2 aromatic carbocycles. The molecular weight excluding hydrogens is 306 g/mol. The summed E-state index contributed by atoms with van der Waals surface area (Å²) in [7, 11) is 1.46. The van der Waals surface area contributed by atoms with Crippen molar-refractivity contribution < 1.29 is 23.6 Å². The standard InChI is InChI=1S/C15H15NO5S/c1-20-11-4-3-5-12(9-11)22(19)14-7-6-10(16-15(17)18)8-13(14)21-2/h3-9,16H,1-2H3,(H,17,18)/p-1. The van der Waals surface area contributed by atoms with Crippen LogP contribution < -0.4 is 19.9 Å². The van der Waals surface area contributed by atoms with E-state index >= 15 is 0 Å². The van der Waals surface area contributed by atoms with E-state index < -0.39 is 16.9 Å². The maximum absolute atomic E-state index is 12.7. The van der Waals surface area contributed by atoms with Gasteiger partial charge in [0.1, 0.15) is 17.6 Å². The molecule has 0 bridgehead atoms. The third kappa shape index (κ3) is 3.56. The Kier molecular flexibility index (Phi) is 5.00. The van der Waals surface area contributed by atoms with E-state index in [1.54, 1.807) is 30.3 Å². The van der Waals surface area contributed by atoms with E-state index in [9.17, 15) is 14.1 Å². The van der Waals surface area contributed by atoms with E-state index in [1.165, 1.54) is 26.4 Å². The van der Waals surface area contributed by atoms with Gasteiger partial charge in [-0.05, 0) is 30.3 Å². The van der Waals surface area contributed by atoms with E-state index in [0.717, 1.165) is 0 Å². The second-order valence-electron chi connectivity index (χ2n) is 4.23. The van der Waals surface area contributed by atoms with Gasteiger partial charge in [-0.25, -0.2) is 4.21 Å². The zero-order valence-corrected chi connectivity index (χ0v) is 12.8. The van der Waals surface area contributed by atoms with E-state index in [1.807, 2.05) is 0 Å². The third-order valence-corrected chi connectivity index (χ3v) is 4.28. The first-order valence-corrected chi connectivity index (χ1v) is 7.42. The van der Waals surface area contributed by atoms with Gasteiger partial charge in [0, 0.05) is 16.6 Å². The van der Waals surface area contributed by atoms with Crippen LogP contribution in [0.5, 0.6) is 11.5 Å². The van der Waals surface area contributed by atoms with Gasteiger partial charge in [-0.2, -0.15) is 0 Å². The van der Waals surface area contributed by atoms with Gasteiger partial charge in [0.25, 0.3) is 0 Å². The minimum atomic E-state index is -1.49. The van der Waals surface area contributed by atoms with Crippen molar-refractivity contribution in [2.24, 2.45) is 0 Å². The fourth-order valence-corrected chi connectivity index (χ4v) is 3.06. The predicted molar refractivity (Wildman–Crippen MR) is 79.7 cm³/mol. The molecule has 7 heteroatoms. The van der Waals surface area contributed by atoms with Gasteiger partial charge in [0.15, 0.2) is 0 Å². The highest BCUT2D eigenvalue weighted by Crippen LogP contribution is 2.30. The number of carbonyl (C=O) groups excluding carboxylic acids is 1. The molecule has 0 aromatic heterocycles. The van der Waals surface area contributed by atoms with Crippen LogP contribution in [0.2, 0.25) is 0 Å². The summed E-state index contributed by atoms with van der Waals surface area (Å²) < 4.78 is 23.0. The molecule has 116 valence electrons. The topological polar surface area (TPSA) is 87.7 Å². The summed E-state index contributed by atoms with van der Waals surface area (Å²) >= 11 is 0. The molecule has 1 amide bonds. The van der Waals surface area contributed by atoms with Gasteiger partial charge < -0.3 is 24.7 Å². The molecule has 1 N–H and O–H groups in total. The van der Waals surface area contributed by atoms with Crippen molar-refractivity contribution in [1.82, 2.24) is 0 Å². The van der Waals surface area contributed by atoms with Gasteiger partial charge in [0.2, 0.25) is 0 Å². The van der Waals surface area contributed by atoms with Crippen molar-refractivity contribution >= 4 is 22.6 Å². The molecule has 1 unspecified atom stereocenters. The monoisotopic (exact) mass is 320 g/mol. The van der Waals surface area contributed by atoms with E-state index in [4.69, 9.17) is 9.47 Å². The lowest BCUT2D eigenvalue weighted by atomic mass is 10.3. The molecule has 0 aliphatic heterocycles. The van der Waals surface area contributed by atoms with Gasteiger partial charge in [0.05, 0.1) is 29.9 Å². The molecule has 6 nitrogen and oxygen atoms in total. The van der Waals surface area contributed by atoms with Gasteiger partial charge in [-0.1, -0.05) is 6.07 Å². The summed E-state index contributed by atoms with van der Waals surface area (Å²) in [4.78, 5) is 11.5. The Bertz CT molecular complexity index is 717. The second kappa shape index (κ2) is 6.95. The Labute approximate surface area is 130 Å². The number of carbonyl (C=O) groups is 1. The second-order valence-corrected chi connectivity index (χ2v) is 5.67. The molecule has 0 aliphatic rings. The van der Waals surface area contributed by atoms with Crippen molar-refractivity contribution in [2.45, 2.75) is 9.79 Å². The lowest BCUT2D eigenvalue weighted by Crippen LogP contribution is -2.28. The molecular formula is C15H14NO5S-. The fourth-order valence-electron chi connectivity index (χ4n) is 1.86. The minimum absolute atomic E-state index is 0.281. The van der Waals surface area contributed by atoms with E-state index in [0.29, 0.717) is 21.3 Å². The van der Waals surface area contributed by atoms with Crippen LogP contribution >= 0.6 is 0 Å². The smallest absolute Gasteiger partial charge is 0.138 e. The maximum atomic E-state index is 12.7. The van der Waals surface area contributed by atoms with Crippen molar-refractivity contribution in [2.75, 3.05) is 19.5 Å². The van der Waals surface area contributed by atoms with Gasteiger partial charge in [-0.15, -0.1) is 0 Å². The highest BCUT2D eigenvalue weighted by atomic mass is 32.2. The average Bonchev–Trinajstić information content (AvgIpc) is 2.53. The normalized spacial score (nSPS) is 11.5.